The normalized spacial score (nSPS) is 18.2. The maximum Gasteiger partial charge on any atom is 0.326 e. The number of H-pyrrole nitrogens is 1. The molecule has 2 aliphatic heterocycles. The van der Waals surface area contributed by atoms with Gasteiger partial charge >= 0.3 is 6.03 Å². The molecular formula is C35H35ClN6O5. The molecular weight excluding hydrogens is 620 g/mol. The minimum absolute atomic E-state index is 0.111. The lowest BCUT2D eigenvalue weighted by molar-refractivity contribution is -0.123. The quantitative estimate of drug-likeness (QED) is 0.186. The number of nitrogens with two attached hydrogens (primary N) is 1. The number of rotatable bonds is 7. The number of carbonyl (C=O) groups is 4. The van der Waals surface area contributed by atoms with E-state index in [4.69, 9.17) is 27.1 Å². The van der Waals surface area contributed by atoms with Crippen LogP contribution in [0.5, 0.6) is 5.75 Å². The summed E-state index contributed by atoms with van der Waals surface area (Å²) in [5, 5.41) is 4.27. The Hall–Kier alpha value is -5.16. The summed E-state index contributed by atoms with van der Waals surface area (Å²) >= 11 is 6.31. The van der Waals surface area contributed by atoms with Crippen LogP contribution in [0.1, 0.15) is 66.3 Å². The third-order valence-corrected chi connectivity index (χ3v) is 8.28. The van der Waals surface area contributed by atoms with Crippen LogP contribution >= 0.6 is 11.6 Å². The highest BCUT2D eigenvalue weighted by molar-refractivity contribution is 6.30. The predicted octanol–water partition coefficient (Wildman–Crippen LogP) is 5.15. The van der Waals surface area contributed by atoms with Crippen LogP contribution in [-0.4, -0.2) is 69.5 Å². The first-order chi connectivity index (χ1) is 22.4. The number of halogens is 1. The van der Waals surface area contributed by atoms with E-state index in [1.807, 2.05) is 63.4 Å². The number of ketones is 1. The molecule has 12 heteroatoms. The third kappa shape index (κ3) is 6.57. The van der Waals surface area contributed by atoms with Crippen LogP contribution in [0.4, 0.5) is 4.79 Å². The van der Waals surface area contributed by atoms with Crippen molar-refractivity contribution in [1.29, 1.82) is 0 Å². The van der Waals surface area contributed by atoms with E-state index in [0.29, 0.717) is 35.3 Å². The van der Waals surface area contributed by atoms with E-state index < -0.39 is 41.8 Å². The number of amidine groups is 1. The minimum Gasteiger partial charge on any atom is -0.487 e. The number of ether oxygens (including phenoxy) is 1. The van der Waals surface area contributed by atoms with Crippen molar-refractivity contribution in [3.63, 3.8) is 0 Å². The van der Waals surface area contributed by atoms with Gasteiger partial charge in [-0.1, -0.05) is 48.0 Å². The van der Waals surface area contributed by atoms with E-state index in [9.17, 15) is 19.2 Å². The molecule has 2 atom stereocenters. The van der Waals surface area contributed by atoms with Crippen molar-refractivity contribution in [2.75, 3.05) is 19.6 Å². The summed E-state index contributed by atoms with van der Waals surface area (Å²) in [6.45, 7) is 6.12. The molecule has 3 aromatic carbocycles. The van der Waals surface area contributed by atoms with E-state index in [1.165, 1.54) is 4.90 Å². The molecule has 47 heavy (non-hydrogen) atoms. The first-order valence-electron chi connectivity index (χ1n) is 15.3. The zero-order chi connectivity index (χ0) is 33.5. The van der Waals surface area contributed by atoms with E-state index in [1.54, 1.807) is 35.2 Å². The molecule has 6 rings (SSSR count). The fourth-order valence-corrected chi connectivity index (χ4v) is 6.15. The van der Waals surface area contributed by atoms with Gasteiger partial charge < -0.3 is 25.7 Å². The first-order valence-corrected chi connectivity index (χ1v) is 15.7. The number of hydrogen-bond acceptors (Lipinski definition) is 6. The van der Waals surface area contributed by atoms with Gasteiger partial charge in [0.2, 0.25) is 11.8 Å². The number of aromatic nitrogens is 1. The summed E-state index contributed by atoms with van der Waals surface area (Å²) in [6.07, 6.45) is 1.44. The molecule has 4 amide bonds. The monoisotopic (exact) mass is 654 g/mol. The summed E-state index contributed by atoms with van der Waals surface area (Å²) in [5.74, 6) is -0.849. The van der Waals surface area contributed by atoms with Crippen LogP contribution in [0.2, 0.25) is 5.02 Å². The fourth-order valence-electron chi connectivity index (χ4n) is 6.03. The molecule has 1 aromatic heterocycles. The van der Waals surface area contributed by atoms with E-state index >= 15 is 0 Å². The van der Waals surface area contributed by atoms with Crippen LogP contribution in [-0.2, 0) is 9.59 Å². The summed E-state index contributed by atoms with van der Waals surface area (Å²) in [5.41, 5.74) is 7.88. The highest BCUT2D eigenvalue weighted by Crippen LogP contribution is 2.47. The number of Topliss-reactive ketones (excluding diaryl/α,β-unsaturated/α-hetero) is 1. The van der Waals surface area contributed by atoms with Crippen molar-refractivity contribution < 1.29 is 23.9 Å². The molecule has 0 saturated carbocycles. The average molecular weight is 655 g/mol. The Morgan fingerprint density at radius 2 is 1.81 bits per heavy atom. The highest BCUT2D eigenvalue weighted by Gasteiger charge is 2.46. The van der Waals surface area contributed by atoms with Gasteiger partial charge in [-0.25, -0.2) is 4.79 Å². The number of amides is 4. The second kappa shape index (κ2) is 12.6. The maximum absolute atomic E-state index is 14.7. The van der Waals surface area contributed by atoms with Crippen LogP contribution in [0.15, 0.2) is 77.9 Å². The molecule has 1 fully saturated rings. The zero-order valence-corrected chi connectivity index (χ0v) is 27.0. The second-order valence-corrected chi connectivity index (χ2v) is 13.0. The van der Waals surface area contributed by atoms with Gasteiger partial charge in [-0.15, -0.1) is 0 Å². The SMILES string of the molecule is CC(C)(C)Oc1cc(C(=O)CC(N)=O)ccc1C1=NC(c2c[nH]c3ccccc23)C(c2ccc(Cl)cc2)N1C(=O)N1CCNC(=O)C1. The van der Waals surface area contributed by atoms with Crippen LogP contribution < -0.4 is 15.8 Å². The molecule has 11 nitrogen and oxygen atoms in total. The van der Waals surface area contributed by atoms with Crippen molar-refractivity contribution >= 4 is 52.0 Å². The van der Waals surface area contributed by atoms with Crippen LogP contribution in [0.3, 0.4) is 0 Å². The molecule has 4 N–H and O–H groups in total. The minimum atomic E-state index is -0.743. The van der Waals surface area contributed by atoms with Gasteiger partial charge in [-0.2, -0.15) is 0 Å². The molecule has 2 aliphatic rings. The Bertz CT molecular complexity index is 1910. The van der Waals surface area contributed by atoms with Crippen molar-refractivity contribution in [2.24, 2.45) is 10.7 Å². The van der Waals surface area contributed by atoms with Gasteiger partial charge in [0.05, 0.1) is 18.0 Å². The Kier molecular flexibility index (Phi) is 8.50. The lowest BCUT2D eigenvalue weighted by Gasteiger charge is -2.36. The summed E-state index contributed by atoms with van der Waals surface area (Å²) in [4.78, 5) is 63.3. The topological polar surface area (TPSA) is 150 Å². The Morgan fingerprint density at radius 3 is 2.51 bits per heavy atom. The number of nitrogens with zero attached hydrogens (tertiary/aromatic N) is 3. The van der Waals surface area contributed by atoms with Gasteiger partial charge in [0.1, 0.15) is 29.8 Å². The standard InChI is InChI=1S/C35H35ClN6O5/c1-35(2,3)47-28-16-21(27(43)17-29(37)44)10-13-24(28)33-40-31(25-18-39-26-7-5-4-6-23(25)26)32(20-8-11-22(36)12-9-20)42(33)34(46)41-15-14-38-30(45)19-41/h4-13,16,18,31-32,39H,14-15,17,19H2,1-3H3,(H2,37,44)(H,38,45). The number of aromatic amines is 1. The molecule has 1 saturated heterocycles. The number of fused-ring (bicyclic) bond motifs is 1. The molecule has 3 heterocycles. The molecule has 0 aliphatic carbocycles. The van der Waals surface area contributed by atoms with E-state index in [-0.39, 0.29) is 18.0 Å². The number of primary amides is 1. The first kappa shape index (κ1) is 31.8. The number of aliphatic imine (C=N–C) groups is 1. The molecule has 4 aromatic rings. The van der Waals surface area contributed by atoms with Gasteiger partial charge in [-0.05, 0) is 56.7 Å². The summed E-state index contributed by atoms with van der Waals surface area (Å²) < 4.78 is 6.40. The predicted molar refractivity (Wildman–Crippen MR) is 179 cm³/mol. The number of carbonyl (C=O) groups excluding carboxylic acids is 4. The Morgan fingerprint density at radius 1 is 1.06 bits per heavy atom. The van der Waals surface area contributed by atoms with Crippen molar-refractivity contribution in [2.45, 2.75) is 44.9 Å². The number of hydrogen-bond donors (Lipinski definition) is 3. The summed E-state index contributed by atoms with van der Waals surface area (Å²) in [6, 6.07) is 18.3. The largest absolute Gasteiger partial charge is 0.487 e. The lowest BCUT2D eigenvalue weighted by atomic mass is 9.93. The number of urea groups is 1. The van der Waals surface area contributed by atoms with Crippen molar-refractivity contribution in [3.05, 3.63) is 100 Å². The summed E-state index contributed by atoms with van der Waals surface area (Å²) in [7, 11) is 0. The second-order valence-electron chi connectivity index (χ2n) is 12.6. The zero-order valence-electron chi connectivity index (χ0n) is 26.2. The molecule has 0 radical (unpaired) electrons. The van der Waals surface area contributed by atoms with Crippen molar-refractivity contribution in [1.82, 2.24) is 20.1 Å². The Balaban J connectivity index is 1.58. The maximum atomic E-state index is 14.7. The number of piperazine rings is 1. The average Bonchev–Trinajstić information content (AvgIpc) is 3.62. The highest BCUT2D eigenvalue weighted by atomic mass is 35.5. The molecule has 242 valence electrons. The van der Waals surface area contributed by atoms with Crippen molar-refractivity contribution in [3.8, 4) is 5.75 Å². The van der Waals surface area contributed by atoms with Crippen LogP contribution in [0.25, 0.3) is 10.9 Å². The van der Waals surface area contributed by atoms with Gasteiger partial charge in [0, 0.05) is 46.3 Å². The molecule has 0 spiro atoms. The molecule has 2 unspecified atom stereocenters. The Labute approximate surface area is 276 Å². The molecule has 0 bridgehead atoms. The number of nitrogens with one attached hydrogen (secondary N) is 2. The number of para-hydroxylation sites is 1. The van der Waals surface area contributed by atoms with Gasteiger partial charge in [0.25, 0.3) is 0 Å². The lowest BCUT2D eigenvalue weighted by Crippen LogP contribution is -2.55. The van der Waals surface area contributed by atoms with Crippen LogP contribution in [0, 0.1) is 0 Å². The van der Waals surface area contributed by atoms with E-state index in [2.05, 4.69) is 10.3 Å². The van der Waals surface area contributed by atoms with Gasteiger partial charge in [-0.3, -0.25) is 24.3 Å². The van der Waals surface area contributed by atoms with Gasteiger partial charge in [0.15, 0.2) is 5.78 Å². The smallest absolute Gasteiger partial charge is 0.326 e. The fraction of sp³-hybridized carbons (Fsp3) is 0.286. The van der Waals surface area contributed by atoms with E-state index in [0.717, 1.165) is 22.0 Å². The number of benzene rings is 3. The third-order valence-electron chi connectivity index (χ3n) is 8.03.